The molecule has 0 saturated carbocycles. The van der Waals surface area contributed by atoms with E-state index in [1.54, 1.807) is 0 Å². The molecule has 7 heteroatoms. The van der Waals surface area contributed by atoms with Crippen molar-refractivity contribution < 1.29 is 0 Å². The molecule has 62 heavy (non-hydrogen) atoms. The highest BCUT2D eigenvalue weighted by atomic mass is 15.3. The molecule has 11 rings (SSSR count). The van der Waals surface area contributed by atoms with E-state index in [-0.39, 0.29) is 6.71 Å². The summed E-state index contributed by atoms with van der Waals surface area (Å²) in [5.41, 5.74) is 12.6. The van der Waals surface area contributed by atoms with Crippen molar-refractivity contribution in [1.29, 1.82) is 0 Å². The van der Waals surface area contributed by atoms with E-state index in [4.69, 9.17) is 15.1 Å². The molecule has 0 fully saturated rings. The molecule has 0 unspecified atom stereocenters. The van der Waals surface area contributed by atoms with Crippen LogP contribution in [0, 0.1) is 0 Å². The van der Waals surface area contributed by atoms with Gasteiger partial charge in [-0.25, -0.2) is 14.6 Å². The smallest absolute Gasteiger partial charge is 0.247 e. The number of nitrogens with zero attached hydrogens (tertiary/aromatic N) is 6. The lowest BCUT2D eigenvalue weighted by atomic mass is 9.36. The zero-order valence-corrected chi connectivity index (χ0v) is 33.8. The zero-order chi connectivity index (χ0) is 41.2. The standard InChI is InChI=1S/C55H39BN6/c1-5-20-40(21-6-1)54-53(55(41-22-7-2-8-23-41)62(59-54)45-27-11-4-12-28-45)56(42-24-19-29-46(38-42)60(44-25-9-3-10-26-44)51-32-15-17-36-57-51)43-34-35-48-47-30-13-14-31-49(47)61(50(48)39-43)52-33-16-18-37-58-52/h1-39H. The fourth-order valence-corrected chi connectivity index (χ4v) is 8.89. The van der Waals surface area contributed by atoms with Crippen molar-refractivity contribution in [2.75, 3.05) is 4.90 Å². The number of benzene rings is 7. The lowest BCUT2D eigenvalue weighted by Crippen LogP contribution is -2.53. The number of anilines is 3. The van der Waals surface area contributed by atoms with Gasteiger partial charge in [-0.15, -0.1) is 0 Å². The van der Waals surface area contributed by atoms with Crippen molar-refractivity contribution in [3.8, 4) is 34.0 Å². The van der Waals surface area contributed by atoms with Gasteiger partial charge >= 0.3 is 0 Å². The van der Waals surface area contributed by atoms with Crippen molar-refractivity contribution in [2.45, 2.75) is 0 Å². The normalized spacial score (nSPS) is 11.2. The molecule has 0 aliphatic rings. The van der Waals surface area contributed by atoms with Gasteiger partial charge in [-0.3, -0.25) is 9.47 Å². The van der Waals surface area contributed by atoms with Gasteiger partial charge < -0.3 is 0 Å². The molecule has 4 aromatic heterocycles. The monoisotopic (exact) mass is 794 g/mol. The summed E-state index contributed by atoms with van der Waals surface area (Å²) in [6.07, 6.45) is 3.72. The van der Waals surface area contributed by atoms with Crippen molar-refractivity contribution in [2.24, 2.45) is 0 Å². The van der Waals surface area contributed by atoms with Gasteiger partial charge in [-0.2, -0.15) is 5.10 Å². The number of para-hydroxylation sites is 3. The van der Waals surface area contributed by atoms with E-state index >= 15 is 0 Å². The molecule has 0 radical (unpaired) electrons. The predicted molar refractivity (Wildman–Crippen MR) is 257 cm³/mol. The average Bonchev–Trinajstić information content (AvgIpc) is 3.90. The van der Waals surface area contributed by atoms with Gasteiger partial charge in [0.15, 0.2) is 0 Å². The molecule has 292 valence electrons. The number of hydrogen-bond acceptors (Lipinski definition) is 4. The molecular weight excluding hydrogens is 755 g/mol. The quantitative estimate of drug-likeness (QED) is 0.129. The zero-order valence-electron chi connectivity index (χ0n) is 33.8. The number of fused-ring (bicyclic) bond motifs is 3. The molecule has 0 atom stereocenters. The van der Waals surface area contributed by atoms with Crippen LogP contribution in [0.25, 0.3) is 55.8 Å². The molecule has 11 aromatic rings. The molecule has 0 N–H and O–H groups in total. The van der Waals surface area contributed by atoms with E-state index in [1.807, 2.05) is 36.7 Å². The molecule has 0 aliphatic heterocycles. The van der Waals surface area contributed by atoms with Gasteiger partial charge in [0.1, 0.15) is 11.6 Å². The number of rotatable bonds is 10. The highest BCUT2D eigenvalue weighted by Gasteiger charge is 2.34. The van der Waals surface area contributed by atoms with Crippen molar-refractivity contribution in [3.05, 3.63) is 237 Å². The third-order valence-corrected chi connectivity index (χ3v) is 11.6. The Hall–Kier alpha value is -8.29. The van der Waals surface area contributed by atoms with Crippen LogP contribution in [0.2, 0.25) is 0 Å². The lowest BCUT2D eigenvalue weighted by molar-refractivity contribution is 0.892. The van der Waals surface area contributed by atoms with Gasteiger partial charge in [-0.05, 0) is 83.8 Å². The van der Waals surface area contributed by atoms with Crippen LogP contribution in [0.15, 0.2) is 237 Å². The van der Waals surface area contributed by atoms with Gasteiger partial charge in [-0.1, -0.05) is 163 Å². The molecule has 0 amide bonds. The maximum absolute atomic E-state index is 5.59. The Morgan fingerprint density at radius 1 is 0.435 bits per heavy atom. The van der Waals surface area contributed by atoms with Crippen LogP contribution in [0.1, 0.15) is 0 Å². The van der Waals surface area contributed by atoms with Crippen molar-refractivity contribution >= 4 is 62.1 Å². The third-order valence-electron chi connectivity index (χ3n) is 11.6. The number of hydrogen-bond donors (Lipinski definition) is 0. The highest BCUT2D eigenvalue weighted by Crippen LogP contribution is 2.35. The summed E-state index contributed by atoms with van der Waals surface area (Å²) in [6, 6.07) is 78.9. The third kappa shape index (κ3) is 6.62. The Labute approximate surface area is 360 Å². The van der Waals surface area contributed by atoms with Crippen LogP contribution in [-0.4, -0.2) is 31.0 Å². The van der Waals surface area contributed by atoms with E-state index in [0.717, 1.165) is 78.6 Å². The first kappa shape index (κ1) is 36.8. The molecule has 0 bridgehead atoms. The molecule has 0 aliphatic carbocycles. The molecule has 6 nitrogen and oxygen atoms in total. The predicted octanol–water partition coefficient (Wildman–Crippen LogP) is 11.1. The van der Waals surface area contributed by atoms with Crippen LogP contribution in [0.4, 0.5) is 17.2 Å². The summed E-state index contributed by atoms with van der Waals surface area (Å²) in [5, 5.41) is 7.94. The van der Waals surface area contributed by atoms with Gasteiger partial charge in [0, 0.05) is 40.1 Å². The molecule has 0 saturated heterocycles. The second-order valence-corrected chi connectivity index (χ2v) is 15.3. The Morgan fingerprint density at radius 3 is 1.77 bits per heavy atom. The van der Waals surface area contributed by atoms with E-state index in [1.165, 1.54) is 10.8 Å². The first-order valence-electron chi connectivity index (χ1n) is 20.9. The van der Waals surface area contributed by atoms with Crippen LogP contribution in [-0.2, 0) is 0 Å². The van der Waals surface area contributed by atoms with E-state index in [2.05, 4.69) is 214 Å². The second-order valence-electron chi connectivity index (χ2n) is 15.3. The summed E-state index contributed by atoms with van der Waals surface area (Å²) in [5.74, 6) is 1.70. The maximum Gasteiger partial charge on any atom is 0.247 e. The molecule has 7 aromatic carbocycles. The van der Waals surface area contributed by atoms with Gasteiger partial charge in [0.2, 0.25) is 6.71 Å². The minimum atomic E-state index is -0.293. The molecule has 0 spiro atoms. The van der Waals surface area contributed by atoms with E-state index in [9.17, 15) is 0 Å². The van der Waals surface area contributed by atoms with E-state index < -0.39 is 0 Å². The fraction of sp³-hybridized carbons (Fsp3) is 0. The van der Waals surface area contributed by atoms with E-state index in [0.29, 0.717) is 0 Å². The summed E-state index contributed by atoms with van der Waals surface area (Å²) in [6.45, 7) is -0.293. The first-order valence-corrected chi connectivity index (χ1v) is 20.9. The number of aromatic nitrogens is 5. The minimum absolute atomic E-state index is 0.293. The fourth-order valence-electron chi connectivity index (χ4n) is 8.89. The van der Waals surface area contributed by atoms with Crippen LogP contribution in [0.3, 0.4) is 0 Å². The summed E-state index contributed by atoms with van der Waals surface area (Å²) < 4.78 is 4.43. The van der Waals surface area contributed by atoms with Crippen LogP contribution < -0.4 is 21.3 Å². The summed E-state index contributed by atoms with van der Waals surface area (Å²) >= 11 is 0. The SMILES string of the molecule is c1ccc(-c2nn(-c3ccccc3)c(-c3ccccc3)c2B(c2cccc(N(c3ccccc3)c3ccccn3)c2)c2ccc3c4ccccc4n(-c4ccccn4)c3c2)cc1. The minimum Gasteiger partial charge on any atom is -0.295 e. The average molecular weight is 795 g/mol. The highest BCUT2D eigenvalue weighted by molar-refractivity contribution is 6.97. The summed E-state index contributed by atoms with van der Waals surface area (Å²) in [7, 11) is 0. The van der Waals surface area contributed by atoms with Gasteiger partial charge in [0.25, 0.3) is 0 Å². The number of pyridine rings is 2. The van der Waals surface area contributed by atoms with Crippen molar-refractivity contribution in [3.63, 3.8) is 0 Å². The maximum atomic E-state index is 5.59. The largest absolute Gasteiger partial charge is 0.295 e. The Kier molecular flexibility index (Phi) is 9.52. The Bertz CT molecular complexity index is 3240. The Morgan fingerprint density at radius 2 is 1.05 bits per heavy atom. The van der Waals surface area contributed by atoms with Crippen molar-refractivity contribution in [1.82, 2.24) is 24.3 Å². The van der Waals surface area contributed by atoms with Crippen LogP contribution >= 0.6 is 0 Å². The lowest BCUT2D eigenvalue weighted by Gasteiger charge is -2.26. The topological polar surface area (TPSA) is 51.8 Å². The summed E-state index contributed by atoms with van der Waals surface area (Å²) in [4.78, 5) is 12.0. The second kappa shape index (κ2) is 16.1. The Balaban J connectivity index is 1.25. The van der Waals surface area contributed by atoms with Gasteiger partial charge in [0.05, 0.1) is 28.1 Å². The van der Waals surface area contributed by atoms with Crippen LogP contribution in [0.5, 0.6) is 0 Å². The molecular formula is C55H39BN6. The molecule has 4 heterocycles. The first-order chi connectivity index (χ1) is 30.8.